The summed E-state index contributed by atoms with van der Waals surface area (Å²) in [5.74, 6) is 1.10. The summed E-state index contributed by atoms with van der Waals surface area (Å²) in [7, 11) is 0. The molecule has 4 nitrogen and oxygen atoms in total. The third-order valence-corrected chi connectivity index (χ3v) is 4.43. The third-order valence-electron chi connectivity index (χ3n) is 3.42. The summed E-state index contributed by atoms with van der Waals surface area (Å²) in [4.78, 5) is 11.8. The highest BCUT2D eigenvalue weighted by Gasteiger charge is 2.29. The number of benzene rings is 1. The van der Waals surface area contributed by atoms with Crippen LogP contribution in [0.5, 0.6) is 0 Å². The quantitative estimate of drug-likeness (QED) is 0.741. The number of nitrogens with one attached hydrogen (secondary N) is 1. The Bertz CT molecular complexity index is 479. The second-order valence-corrected chi connectivity index (χ2v) is 6.10. The Labute approximate surface area is 140 Å². The van der Waals surface area contributed by atoms with Crippen LogP contribution >= 0.6 is 24.2 Å². The molecule has 1 saturated heterocycles. The van der Waals surface area contributed by atoms with Crippen molar-refractivity contribution >= 4 is 30.1 Å². The monoisotopic (exact) mass is 348 g/mol. The van der Waals surface area contributed by atoms with Crippen molar-refractivity contribution in [1.82, 2.24) is 5.32 Å². The first-order valence-electron chi connectivity index (χ1n) is 7.15. The fraction of sp³-hybridized carbons (Fsp3) is 0.533. The summed E-state index contributed by atoms with van der Waals surface area (Å²) in [6.45, 7) is 1.02. The Kier molecular flexibility index (Phi) is 8.78. The summed E-state index contributed by atoms with van der Waals surface area (Å²) >= 11 is 1.59. The van der Waals surface area contributed by atoms with Gasteiger partial charge in [0.05, 0.1) is 6.10 Å². The van der Waals surface area contributed by atoms with Gasteiger partial charge in [-0.2, -0.15) is 11.8 Å². The van der Waals surface area contributed by atoms with Crippen LogP contribution in [-0.4, -0.2) is 37.0 Å². The zero-order valence-corrected chi connectivity index (χ0v) is 13.9. The first-order chi connectivity index (χ1) is 10.2. The average molecular weight is 349 g/mol. The fourth-order valence-corrected chi connectivity index (χ4v) is 3.07. The van der Waals surface area contributed by atoms with E-state index in [0.29, 0.717) is 24.4 Å². The SMILES string of the molecule is Cl.NC[C@H]1CC[C@@H](C(=O)NCCSCc2ccccc2F)O1. The molecule has 0 unspecified atom stereocenters. The normalized spacial score (nSPS) is 20.5. The van der Waals surface area contributed by atoms with Gasteiger partial charge in [0.25, 0.3) is 0 Å². The van der Waals surface area contributed by atoms with E-state index in [1.807, 2.05) is 6.07 Å². The minimum atomic E-state index is -0.366. The van der Waals surface area contributed by atoms with Crippen LogP contribution in [0.15, 0.2) is 24.3 Å². The largest absolute Gasteiger partial charge is 0.364 e. The molecule has 7 heteroatoms. The highest BCUT2D eigenvalue weighted by atomic mass is 35.5. The van der Waals surface area contributed by atoms with Crippen LogP contribution in [0.4, 0.5) is 4.39 Å². The molecule has 1 aliphatic rings. The minimum Gasteiger partial charge on any atom is -0.364 e. The van der Waals surface area contributed by atoms with E-state index >= 15 is 0 Å². The second kappa shape index (κ2) is 10.0. The molecule has 0 spiro atoms. The number of thioether (sulfide) groups is 1. The van der Waals surface area contributed by atoms with E-state index in [1.165, 1.54) is 6.07 Å². The maximum atomic E-state index is 13.4. The summed E-state index contributed by atoms with van der Waals surface area (Å²) in [6.07, 6.45) is 1.22. The van der Waals surface area contributed by atoms with E-state index in [0.717, 1.165) is 18.6 Å². The van der Waals surface area contributed by atoms with Crippen molar-refractivity contribution in [3.8, 4) is 0 Å². The van der Waals surface area contributed by atoms with Crippen molar-refractivity contribution in [3.05, 3.63) is 35.6 Å². The van der Waals surface area contributed by atoms with Gasteiger partial charge in [0.1, 0.15) is 11.9 Å². The van der Waals surface area contributed by atoms with Gasteiger partial charge in [-0.3, -0.25) is 4.79 Å². The van der Waals surface area contributed by atoms with E-state index in [1.54, 1.807) is 23.9 Å². The highest BCUT2D eigenvalue weighted by Crippen LogP contribution is 2.19. The molecule has 2 atom stereocenters. The van der Waals surface area contributed by atoms with Crippen molar-refractivity contribution < 1.29 is 13.9 Å². The van der Waals surface area contributed by atoms with Crippen LogP contribution < -0.4 is 11.1 Å². The fourth-order valence-electron chi connectivity index (χ4n) is 2.23. The summed E-state index contributed by atoms with van der Waals surface area (Å²) in [5, 5.41) is 2.85. The standard InChI is InChI=1S/C15H21FN2O2S.ClH/c16-13-4-2-1-3-11(13)10-21-8-7-18-15(19)14-6-5-12(9-17)20-14;/h1-4,12,14H,5-10,17H2,(H,18,19);1H/t12-,14+;/m1./s1. The number of hydrogen-bond acceptors (Lipinski definition) is 4. The molecule has 1 aromatic carbocycles. The predicted molar refractivity (Wildman–Crippen MR) is 89.8 cm³/mol. The first kappa shape index (κ1) is 19.2. The lowest BCUT2D eigenvalue weighted by molar-refractivity contribution is -0.131. The lowest BCUT2D eigenvalue weighted by Gasteiger charge is -2.12. The van der Waals surface area contributed by atoms with Crippen molar-refractivity contribution in [2.45, 2.75) is 30.8 Å². The van der Waals surface area contributed by atoms with Crippen LogP contribution in [0, 0.1) is 5.82 Å². The Hall–Kier alpha value is -0.820. The zero-order valence-electron chi connectivity index (χ0n) is 12.3. The lowest BCUT2D eigenvalue weighted by atomic mass is 10.2. The van der Waals surface area contributed by atoms with Crippen molar-refractivity contribution in [3.63, 3.8) is 0 Å². The molecule has 0 saturated carbocycles. The van der Waals surface area contributed by atoms with Crippen LogP contribution in [0.25, 0.3) is 0 Å². The van der Waals surface area contributed by atoms with Gasteiger partial charge in [-0.25, -0.2) is 4.39 Å². The number of ether oxygens (including phenoxy) is 1. The average Bonchev–Trinajstić information content (AvgIpc) is 2.97. The Morgan fingerprint density at radius 3 is 2.86 bits per heavy atom. The third kappa shape index (κ3) is 5.76. The van der Waals surface area contributed by atoms with Crippen LogP contribution in [0.3, 0.4) is 0 Å². The van der Waals surface area contributed by atoms with Crippen LogP contribution in [0.1, 0.15) is 18.4 Å². The number of carbonyl (C=O) groups excluding carboxylic acids is 1. The van der Waals surface area contributed by atoms with E-state index in [4.69, 9.17) is 10.5 Å². The van der Waals surface area contributed by atoms with E-state index in [2.05, 4.69) is 5.32 Å². The van der Waals surface area contributed by atoms with Gasteiger partial charge >= 0.3 is 0 Å². The molecule has 0 radical (unpaired) electrons. The molecular weight excluding hydrogens is 327 g/mol. The molecule has 1 aromatic rings. The molecule has 22 heavy (non-hydrogen) atoms. The summed E-state index contributed by atoms with van der Waals surface area (Å²) in [5.41, 5.74) is 6.21. The molecule has 1 aliphatic heterocycles. The molecule has 124 valence electrons. The van der Waals surface area contributed by atoms with Gasteiger partial charge in [0.2, 0.25) is 5.91 Å². The van der Waals surface area contributed by atoms with Gasteiger partial charge in [0, 0.05) is 24.6 Å². The molecule has 1 heterocycles. The molecule has 0 aliphatic carbocycles. The van der Waals surface area contributed by atoms with Crippen molar-refractivity contribution in [2.75, 3.05) is 18.8 Å². The van der Waals surface area contributed by atoms with Crippen LogP contribution in [0.2, 0.25) is 0 Å². The minimum absolute atomic E-state index is 0. The number of halogens is 2. The molecule has 2 rings (SSSR count). The molecule has 3 N–H and O–H groups in total. The Morgan fingerprint density at radius 2 is 2.18 bits per heavy atom. The number of rotatable bonds is 7. The Morgan fingerprint density at radius 1 is 1.41 bits per heavy atom. The molecule has 1 amide bonds. The second-order valence-electron chi connectivity index (χ2n) is 4.99. The maximum absolute atomic E-state index is 13.4. The molecule has 1 fully saturated rings. The topological polar surface area (TPSA) is 64.4 Å². The van der Waals surface area contributed by atoms with E-state index < -0.39 is 0 Å². The van der Waals surface area contributed by atoms with Crippen LogP contribution in [-0.2, 0) is 15.3 Å². The maximum Gasteiger partial charge on any atom is 0.249 e. The van der Waals surface area contributed by atoms with Gasteiger partial charge < -0.3 is 15.8 Å². The smallest absolute Gasteiger partial charge is 0.249 e. The number of nitrogens with two attached hydrogens (primary N) is 1. The summed E-state index contributed by atoms with van der Waals surface area (Å²) < 4.78 is 18.9. The lowest BCUT2D eigenvalue weighted by Crippen LogP contribution is -2.36. The van der Waals surface area contributed by atoms with E-state index in [-0.39, 0.29) is 36.3 Å². The highest BCUT2D eigenvalue weighted by molar-refractivity contribution is 7.98. The van der Waals surface area contributed by atoms with Crippen molar-refractivity contribution in [1.29, 1.82) is 0 Å². The number of carbonyl (C=O) groups is 1. The van der Waals surface area contributed by atoms with Gasteiger partial charge in [0.15, 0.2) is 0 Å². The van der Waals surface area contributed by atoms with Gasteiger partial charge in [-0.05, 0) is 24.5 Å². The molecular formula is C15H22ClFN2O2S. The predicted octanol–water partition coefficient (Wildman–Crippen LogP) is 2.10. The number of hydrogen-bond donors (Lipinski definition) is 2. The summed E-state index contributed by atoms with van der Waals surface area (Å²) in [6, 6.07) is 6.75. The Balaban J connectivity index is 0.00000242. The van der Waals surface area contributed by atoms with E-state index in [9.17, 15) is 9.18 Å². The first-order valence-corrected chi connectivity index (χ1v) is 8.30. The zero-order chi connectivity index (χ0) is 15.1. The molecule has 0 bridgehead atoms. The van der Waals surface area contributed by atoms with Gasteiger partial charge in [-0.15, -0.1) is 12.4 Å². The van der Waals surface area contributed by atoms with Crippen molar-refractivity contribution in [2.24, 2.45) is 5.73 Å². The molecule has 0 aromatic heterocycles. The number of amides is 1. The van der Waals surface area contributed by atoms with Gasteiger partial charge in [-0.1, -0.05) is 18.2 Å².